The molecule has 4 rings (SSSR count). The molecule has 4 aromatic rings. The second-order valence-corrected chi connectivity index (χ2v) is 11.6. The number of carbonyl (C=O) groups is 1. The van der Waals surface area contributed by atoms with Crippen LogP contribution in [0.1, 0.15) is 32.0 Å². The summed E-state index contributed by atoms with van der Waals surface area (Å²) in [4.78, 5) is 21.0. The van der Waals surface area contributed by atoms with Crippen LogP contribution in [-0.4, -0.2) is 40.5 Å². The molecular weight excluding hydrogens is 511 g/mol. The molecule has 38 heavy (non-hydrogen) atoms. The molecule has 0 atom stereocenters. The van der Waals surface area contributed by atoms with E-state index < -0.39 is 21.7 Å². The minimum absolute atomic E-state index is 0.104. The van der Waals surface area contributed by atoms with Crippen molar-refractivity contribution >= 4 is 27.4 Å². The van der Waals surface area contributed by atoms with E-state index in [4.69, 9.17) is 4.74 Å². The lowest BCUT2D eigenvalue weighted by Crippen LogP contribution is -2.21. The van der Waals surface area contributed by atoms with Crippen LogP contribution in [0.3, 0.4) is 0 Å². The Morgan fingerprint density at radius 3 is 2.42 bits per heavy atom. The van der Waals surface area contributed by atoms with Crippen LogP contribution in [0.4, 0.5) is 20.7 Å². The summed E-state index contributed by atoms with van der Waals surface area (Å²) in [6.07, 6.45) is 5.51. The Bertz CT molecular complexity index is 1550. The van der Waals surface area contributed by atoms with E-state index in [1.165, 1.54) is 53.6 Å². The first-order valence-electron chi connectivity index (χ1n) is 11.6. The third-order valence-electron chi connectivity index (χ3n) is 5.45. The number of halogens is 1. The summed E-state index contributed by atoms with van der Waals surface area (Å²) in [5.74, 6) is 0.119. The molecule has 0 saturated heterocycles. The summed E-state index contributed by atoms with van der Waals surface area (Å²) in [6.45, 7) is 5.85. The van der Waals surface area contributed by atoms with Crippen molar-refractivity contribution in [1.82, 2.24) is 19.7 Å². The number of hydrogen-bond acceptors (Lipinski definition) is 7. The van der Waals surface area contributed by atoms with Crippen molar-refractivity contribution in [2.75, 3.05) is 16.9 Å². The van der Waals surface area contributed by atoms with Gasteiger partial charge in [-0.2, -0.15) is 5.10 Å². The molecule has 0 unspecified atom stereocenters. The van der Waals surface area contributed by atoms with Crippen LogP contribution < -0.4 is 15.4 Å². The number of nitrogens with zero attached hydrogens (tertiary/aromatic N) is 4. The molecule has 0 spiro atoms. The highest BCUT2D eigenvalue weighted by Crippen LogP contribution is 2.27. The molecule has 2 heterocycles. The molecule has 0 saturated carbocycles. The average molecular weight is 539 g/mol. The summed E-state index contributed by atoms with van der Waals surface area (Å²) in [5, 5.41) is 10.1. The van der Waals surface area contributed by atoms with Gasteiger partial charge in [0.2, 0.25) is 5.88 Å². The summed E-state index contributed by atoms with van der Waals surface area (Å²) >= 11 is 0. The number of sulfone groups is 1. The predicted molar refractivity (Wildman–Crippen MR) is 141 cm³/mol. The third kappa shape index (κ3) is 6.51. The molecule has 0 radical (unpaired) electrons. The van der Waals surface area contributed by atoms with E-state index in [9.17, 15) is 17.6 Å². The Morgan fingerprint density at radius 1 is 1.05 bits per heavy atom. The average Bonchev–Trinajstić information content (AvgIpc) is 3.29. The van der Waals surface area contributed by atoms with Crippen molar-refractivity contribution < 1.29 is 22.3 Å². The van der Waals surface area contributed by atoms with Crippen molar-refractivity contribution in [2.24, 2.45) is 0 Å². The van der Waals surface area contributed by atoms with Gasteiger partial charge in [0.1, 0.15) is 18.2 Å². The number of ether oxygens (including phenoxy) is 1. The molecule has 2 N–H and O–H groups in total. The highest BCUT2D eigenvalue weighted by molar-refractivity contribution is 7.90. The van der Waals surface area contributed by atoms with Crippen LogP contribution in [0.5, 0.6) is 5.88 Å². The molecule has 10 nitrogen and oxygen atoms in total. The Hall–Kier alpha value is -4.32. The van der Waals surface area contributed by atoms with E-state index in [-0.39, 0.29) is 28.4 Å². The number of carbonyl (C=O) groups excluding carboxylic acids is 1. The first-order chi connectivity index (χ1) is 17.9. The number of rotatable bonds is 7. The normalized spacial score (nSPS) is 11.7. The zero-order chi connectivity index (χ0) is 27.5. The predicted octanol–water partition coefficient (Wildman–Crippen LogP) is 4.73. The fourth-order valence-electron chi connectivity index (χ4n) is 3.42. The number of nitrogens with one attached hydrogen (secondary N) is 2. The second kappa shape index (κ2) is 10.6. The van der Waals surface area contributed by atoms with Gasteiger partial charge in [-0.1, -0.05) is 20.8 Å². The highest BCUT2D eigenvalue weighted by atomic mass is 32.2. The van der Waals surface area contributed by atoms with E-state index >= 15 is 0 Å². The lowest BCUT2D eigenvalue weighted by Gasteiger charge is -2.14. The molecule has 198 valence electrons. The fourth-order valence-corrected chi connectivity index (χ4v) is 4.05. The van der Waals surface area contributed by atoms with Crippen LogP contribution in [0.2, 0.25) is 0 Å². The molecule has 2 aromatic heterocycles. The minimum atomic E-state index is -3.36. The van der Waals surface area contributed by atoms with Crippen molar-refractivity contribution in [3.8, 4) is 11.6 Å². The summed E-state index contributed by atoms with van der Waals surface area (Å²) in [6, 6.07) is 11.5. The van der Waals surface area contributed by atoms with Gasteiger partial charge in [-0.3, -0.25) is 10.3 Å². The largest absolute Gasteiger partial charge is 0.472 e. The Morgan fingerprint density at radius 2 is 1.79 bits per heavy atom. The zero-order valence-electron chi connectivity index (χ0n) is 21.3. The lowest BCUT2D eigenvalue weighted by molar-refractivity contribution is 0.262. The van der Waals surface area contributed by atoms with Crippen LogP contribution >= 0.6 is 0 Å². The van der Waals surface area contributed by atoms with Crippen molar-refractivity contribution in [3.63, 3.8) is 0 Å². The van der Waals surface area contributed by atoms with E-state index in [0.717, 1.165) is 6.26 Å². The second-order valence-electron chi connectivity index (χ2n) is 9.56. The minimum Gasteiger partial charge on any atom is -0.472 e. The number of aromatic nitrogens is 4. The van der Waals surface area contributed by atoms with Crippen molar-refractivity contribution in [1.29, 1.82) is 0 Å². The van der Waals surface area contributed by atoms with Gasteiger partial charge in [0, 0.05) is 41.4 Å². The molecule has 0 bridgehead atoms. The first-order valence-corrected chi connectivity index (χ1v) is 13.5. The van der Waals surface area contributed by atoms with Gasteiger partial charge in [-0.05, 0) is 42.5 Å². The molecule has 2 amide bonds. The van der Waals surface area contributed by atoms with Crippen molar-refractivity contribution in [3.05, 3.63) is 84.2 Å². The van der Waals surface area contributed by atoms with Gasteiger partial charge < -0.3 is 10.1 Å². The first kappa shape index (κ1) is 26.7. The fraction of sp³-hybridized carbons (Fsp3) is 0.231. The van der Waals surface area contributed by atoms with Gasteiger partial charge in [0.25, 0.3) is 0 Å². The van der Waals surface area contributed by atoms with Crippen LogP contribution in [0.15, 0.2) is 72.0 Å². The maximum Gasteiger partial charge on any atom is 0.324 e. The highest BCUT2D eigenvalue weighted by Gasteiger charge is 2.22. The van der Waals surface area contributed by atoms with Gasteiger partial charge in [0.15, 0.2) is 9.84 Å². The topological polar surface area (TPSA) is 128 Å². The van der Waals surface area contributed by atoms with Crippen LogP contribution in [0, 0.1) is 5.82 Å². The van der Waals surface area contributed by atoms with Gasteiger partial charge in [-0.25, -0.2) is 27.3 Å². The number of amides is 2. The maximum absolute atomic E-state index is 14.3. The lowest BCUT2D eigenvalue weighted by atomic mass is 9.92. The molecule has 0 aliphatic rings. The maximum atomic E-state index is 14.3. The van der Waals surface area contributed by atoms with Gasteiger partial charge in [0.05, 0.1) is 22.5 Å². The van der Waals surface area contributed by atoms with E-state index in [2.05, 4.69) is 25.7 Å². The van der Waals surface area contributed by atoms with Gasteiger partial charge >= 0.3 is 6.03 Å². The van der Waals surface area contributed by atoms with Gasteiger partial charge in [-0.15, -0.1) is 0 Å². The standard InChI is InChI=1S/C26H27FN6O4S/c1-26(2,3)22-14-23(33(32-22)19-6-8-20(9-7-19)38(4,35)36)31-25(34)30-18-5-10-21(27)17(13-18)16-37-24-15-28-11-12-29-24/h5-15H,16H2,1-4H3,(H2,30,31,34). The molecule has 0 fully saturated rings. The zero-order valence-corrected chi connectivity index (χ0v) is 22.1. The Balaban J connectivity index is 1.54. The smallest absolute Gasteiger partial charge is 0.324 e. The monoisotopic (exact) mass is 538 g/mol. The molecule has 0 aliphatic heterocycles. The summed E-state index contributed by atoms with van der Waals surface area (Å²) in [5.41, 5.74) is 1.53. The Labute approximate surface area is 219 Å². The van der Waals surface area contributed by atoms with E-state index in [0.29, 0.717) is 22.9 Å². The summed E-state index contributed by atoms with van der Waals surface area (Å²) < 4.78 is 45.0. The molecule has 12 heteroatoms. The number of benzene rings is 2. The third-order valence-corrected chi connectivity index (χ3v) is 6.58. The SMILES string of the molecule is CC(C)(C)c1cc(NC(=O)Nc2ccc(F)c(COc3cnccn3)c2)n(-c2ccc(S(C)(=O)=O)cc2)n1. The van der Waals surface area contributed by atoms with E-state index in [1.807, 2.05) is 20.8 Å². The van der Waals surface area contributed by atoms with E-state index in [1.54, 1.807) is 18.2 Å². The molecule has 2 aromatic carbocycles. The quantitative estimate of drug-likeness (QED) is 0.348. The molecular formula is C26H27FN6O4S. The van der Waals surface area contributed by atoms with Crippen LogP contribution in [-0.2, 0) is 21.9 Å². The van der Waals surface area contributed by atoms with Crippen molar-refractivity contribution in [2.45, 2.75) is 37.7 Å². The number of anilines is 2. The number of hydrogen-bond donors (Lipinski definition) is 2. The number of urea groups is 1. The summed E-state index contributed by atoms with van der Waals surface area (Å²) in [7, 11) is -3.36. The van der Waals surface area contributed by atoms with Crippen LogP contribution in [0.25, 0.3) is 5.69 Å². The Kier molecular flexibility index (Phi) is 7.44. The molecule has 0 aliphatic carbocycles.